The summed E-state index contributed by atoms with van der Waals surface area (Å²) in [5.41, 5.74) is 1.19. The number of nitrogens with one attached hydrogen (secondary N) is 1. The molecule has 21 heavy (non-hydrogen) atoms. The SMILES string of the molecule is Fc1cc(Cl)cc(NCc2ccc(OC(F)(F)F)cc2)c1. The molecule has 0 spiro atoms. The average Bonchev–Trinajstić information content (AvgIpc) is 2.35. The van der Waals surface area contributed by atoms with Crippen molar-refractivity contribution in [1.82, 2.24) is 0 Å². The standard InChI is InChI=1S/C14H10ClF4NO/c15-10-5-11(16)7-12(6-10)20-8-9-1-3-13(4-2-9)21-14(17,18)19/h1-7,20H,8H2. The first-order valence-corrected chi connectivity index (χ1v) is 6.24. The molecular weight excluding hydrogens is 310 g/mol. The van der Waals surface area contributed by atoms with Gasteiger partial charge in [-0.1, -0.05) is 23.7 Å². The van der Waals surface area contributed by atoms with E-state index in [1.54, 1.807) is 6.07 Å². The molecule has 112 valence electrons. The molecule has 0 aromatic heterocycles. The summed E-state index contributed by atoms with van der Waals surface area (Å²) in [5.74, 6) is -0.765. The molecule has 0 heterocycles. The van der Waals surface area contributed by atoms with Crippen molar-refractivity contribution in [2.75, 3.05) is 5.32 Å². The highest BCUT2D eigenvalue weighted by Gasteiger charge is 2.30. The molecule has 2 aromatic carbocycles. The normalized spacial score (nSPS) is 11.3. The van der Waals surface area contributed by atoms with Crippen LogP contribution in [0.1, 0.15) is 5.56 Å². The maximum absolute atomic E-state index is 13.1. The number of halogens is 5. The van der Waals surface area contributed by atoms with Crippen molar-refractivity contribution in [3.8, 4) is 5.75 Å². The molecule has 2 nitrogen and oxygen atoms in total. The Balaban J connectivity index is 1.97. The van der Waals surface area contributed by atoms with Crippen LogP contribution in [0, 0.1) is 5.82 Å². The zero-order chi connectivity index (χ0) is 15.5. The van der Waals surface area contributed by atoms with Crippen molar-refractivity contribution in [3.05, 3.63) is 58.9 Å². The van der Waals surface area contributed by atoms with Gasteiger partial charge < -0.3 is 10.1 Å². The largest absolute Gasteiger partial charge is 0.573 e. The zero-order valence-corrected chi connectivity index (χ0v) is 11.3. The van der Waals surface area contributed by atoms with Crippen LogP contribution in [-0.4, -0.2) is 6.36 Å². The van der Waals surface area contributed by atoms with Gasteiger partial charge in [0.15, 0.2) is 0 Å². The second-order valence-electron chi connectivity index (χ2n) is 4.20. The Morgan fingerprint density at radius 3 is 2.29 bits per heavy atom. The van der Waals surface area contributed by atoms with E-state index in [4.69, 9.17) is 11.6 Å². The molecule has 1 N–H and O–H groups in total. The minimum Gasteiger partial charge on any atom is -0.406 e. The summed E-state index contributed by atoms with van der Waals surface area (Å²) in [7, 11) is 0. The monoisotopic (exact) mass is 319 g/mol. The lowest BCUT2D eigenvalue weighted by Crippen LogP contribution is -2.17. The minimum absolute atomic E-state index is 0.256. The third kappa shape index (κ3) is 5.15. The Hall–Kier alpha value is -1.95. The van der Waals surface area contributed by atoms with Gasteiger partial charge in [-0.3, -0.25) is 0 Å². The first kappa shape index (κ1) is 15.4. The lowest BCUT2D eigenvalue weighted by molar-refractivity contribution is -0.274. The fraction of sp³-hybridized carbons (Fsp3) is 0.143. The van der Waals surface area contributed by atoms with Gasteiger partial charge in [-0.2, -0.15) is 0 Å². The molecular formula is C14H10ClF4NO. The summed E-state index contributed by atoms with van der Waals surface area (Å²) in [4.78, 5) is 0. The van der Waals surface area contributed by atoms with Gasteiger partial charge in [0.1, 0.15) is 11.6 Å². The van der Waals surface area contributed by atoms with Crippen LogP contribution in [0.2, 0.25) is 5.02 Å². The molecule has 0 unspecified atom stereocenters. The predicted octanol–water partition coefficient (Wildman–Crippen LogP) is 4.99. The Morgan fingerprint density at radius 2 is 1.71 bits per heavy atom. The zero-order valence-electron chi connectivity index (χ0n) is 10.5. The quantitative estimate of drug-likeness (QED) is 0.802. The molecule has 2 aromatic rings. The number of ether oxygens (including phenoxy) is 1. The van der Waals surface area contributed by atoms with Crippen molar-refractivity contribution >= 4 is 17.3 Å². The summed E-state index contributed by atoms with van der Waals surface area (Å²) in [6.45, 7) is 0.312. The summed E-state index contributed by atoms with van der Waals surface area (Å²) >= 11 is 5.71. The molecule has 0 aliphatic rings. The second-order valence-corrected chi connectivity index (χ2v) is 4.64. The van der Waals surface area contributed by atoms with Gasteiger partial charge in [-0.15, -0.1) is 13.2 Å². The summed E-state index contributed by atoms with van der Waals surface area (Å²) in [6.07, 6.45) is -4.71. The first-order valence-electron chi connectivity index (χ1n) is 5.86. The number of alkyl halides is 3. The van der Waals surface area contributed by atoms with Crippen LogP contribution in [0.3, 0.4) is 0 Å². The third-order valence-electron chi connectivity index (χ3n) is 2.52. The number of anilines is 1. The van der Waals surface area contributed by atoms with E-state index < -0.39 is 12.2 Å². The van der Waals surface area contributed by atoms with Gasteiger partial charge in [0.05, 0.1) is 0 Å². The third-order valence-corrected chi connectivity index (χ3v) is 2.73. The molecule has 0 atom stereocenters. The van der Waals surface area contributed by atoms with Crippen LogP contribution in [0.25, 0.3) is 0 Å². The minimum atomic E-state index is -4.71. The van der Waals surface area contributed by atoms with E-state index in [1.165, 1.54) is 36.4 Å². The van der Waals surface area contributed by atoms with Crippen LogP contribution in [0.5, 0.6) is 5.75 Å². The van der Waals surface area contributed by atoms with E-state index in [1.807, 2.05) is 0 Å². The molecule has 7 heteroatoms. The molecule has 0 amide bonds. The number of hydrogen-bond acceptors (Lipinski definition) is 2. The second kappa shape index (κ2) is 6.22. The Bertz CT molecular complexity index is 593. The van der Waals surface area contributed by atoms with E-state index in [-0.39, 0.29) is 10.8 Å². The highest BCUT2D eigenvalue weighted by atomic mass is 35.5. The Kier molecular flexibility index (Phi) is 4.57. The maximum atomic E-state index is 13.1. The van der Waals surface area contributed by atoms with Crippen molar-refractivity contribution < 1.29 is 22.3 Å². The fourth-order valence-corrected chi connectivity index (χ4v) is 1.89. The van der Waals surface area contributed by atoms with Crippen LogP contribution in [0.15, 0.2) is 42.5 Å². The smallest absolute Gasteiger partial charge is 0.406 e. The van der Waals surface area contributed by atoms with E-state index in [0.29, 0.717) is 17.8 Å². The van der Waals surface area contributed by atoms with Crippen LogP contribution in [0.4, 0.5) is 23.2 Å². The van der Waals surface area contributed by atoms with E-state index in [0.717, 1.165) is 0 Å². The van der Waals surface area contributed by atoms with Crippen LogP contribution in [-0.2, 0) is 6.54 Å². The molecule has 0 aliphatic carbocycles. The molecule has 2 rings (SSSR count). The molecule has 0 bridgehead atoms. The summed E-state index contributed by atoms with van der Waals surface area (Å²) in [5, 5.41) is 3.18. The highest BCUT2D eigenvalue weighted by molar-refractivity contribution is 6.30. The molecule has 0 radical (unpaired) electrons. The lowest BCUT2D eigenvalue weighted by Gasteiger charge is -2.10. The maximum Gasteiger partial charge on any atom is 0.573 e. The summed E-state index contributed by atoms with van der Waals surface area (Å²) in [6, 6.07) is 9.38. The van der Waals surface area contributed by atoms with E-state index in [9.17, 15) is 17.6 Å². The van der Waals surface area contributed by atoms with Crippen molar-refractivity contribution in [3.63, 3.8) is 0 Å². The predicted molar refractivity (Wildman–Crippen MR) is 71.9 cm³/mol. The van der Waals surface area contributed by atoms with E-state index >= 15 is 0 Å². The fourth-order valence-electron chi connectivity index (χ4n) is 1.67. The summed E-state index contributed by atoms with van der Waals surface area (Å²) < 4.78 is 52.9. The van der Waals surface area contributed by atoms with Crippen molar-refractivity contribution in [2.45, 2.75) is 12.9 Å². The van der Waals surface area contributed by atoms with Gasteiger partial charge in [-0.05, 0) is 35.9 Å². The topological polar surface area (TPSA) is 21.3 Å². The van der Waals surface area contributed by atoms with Gasteiger partial charge >= 0.3 is 6.36 Å². The van der Waals surface area contributed by atoms with Crippen molar-refractivity contribution in [2.24, 2.45) is 0 Å². The van der Waals surface area contributed by atoms with Gasteiger partial charge in [-0.25, -0.2) is 4.39 Å². The van der Waals surface area contributed by atoms with Crippen molar-refractivity contribution in [1.29, 1.82) is 0 Å². The highest BCUT2D eigenvalue weighted by Crippen LogP contribution is 2.23. The van der Waals surface area contributed by atoms with Crippen LogP contribution < -0.4 is 10.1 Å². The Labute approximate surface area is 123 Å². The lowest BCUT2D eigenvalue weighted by atomic mass is 10.2. The van der Waals surface area contributed by atoms with Crippen LogP contribution >= 0.6 is 11.6 Å². The average molecular weight is 320 g/mol. The number of benzene rings is 2. The molecule has 0 aliphatic heterocycles. The first-order chi connectivity index (χ1) is 9.82. The van der Waals surface area contributed by atoms with E-state index in [2.05, 4.69) is 10.1 Å². The Morgan fingerprint density at radius 1 is 1.05 bits per heavy atom. The van der Waals surface area contributed by atoms with Gasteiger partial charge in [0.2, 0.25) is 0 Å². The number of rotatable bonds is 4. The molecule has 0 saturated heterocycles. The molecule has 0 fully saturated rings. The molecule has 0 saturated carbocycles. The number of hydrogen-bond donors (Lipinski definition) is 1. The van der Waals surface area contributed by atoms with Gasteiger partial charge in [0, 0.05) is 17.3 Å². The van der Waals surface area contributed by atoms with Gasteiger partial charge in [0.25, 0.3) is 0 Å².